The van der Waals surface area contributed by atoms with E-state index in [0.717, 1.165) is 21.1 Å². The van der Waals surface area contributed by atoms with Crippen LogP contribution in [0.3, 0.4) is 0 Å². The van der Waals surface area contributed by atoms with Crippen LogP contribution in [-0.4, -0.2) is 22.5 Å². The van der Waals surface area contributed by atoms with E-state index >= 15 is 0 Å². The van der Waals surface area contributed by atoms with Crippen molar-refractivity contribution >= 4 is 32.9 Å². The molecule has 0 aliphatic carbocycles. The molecule has 19 heavy (non-hydrogen) atoms. The number of aromatic nitrogens is 2. The number of H-pyrrole nitrogens is 1. The van der Waals surface area contributed by atoms with Crippen LogP contribution in [0.2, 0.25) is 0 Å². The molecule has 1 N–H and O–H groups in total. The van der Waals surface area contributed by atoms with E-state index in [1.807, 2.05) is 32.9 Å². The number of aryl methyl sites for hydroxylation is 1. The van der Waals surface area contributed by atoms with E-state index in [1.165, 1.54) is 0 Å². The quantitative estimate of drug-likeness (QED) is 0.879. The number of nitrogens with zero attached hydrogens (tertiary/aromatic N) is 1. The van der Waals surface area contributed by atoms with Crippen molar-refractivity contribution in [2.75, 3.05) is 6.61 Å². The Bertz CT molecular complexity index is 632. The zero-order valence-electron chi connectivity index (χ0n) is 11.5. The van der Waals surface area contributed by atoms with Crippen molar-refractivity contribution in [3.63, 3.8) is 0 Å². The number of esters is 1. The summed E-state index contributed by atoms with van der Waals surface area (Å²) >= 11 is 3.46. The minimum Gasteiger partial charge on any atom is -0.465 e. The number of imidazole rings is 1. The highest BCUT2D eigenvalue weighted by Gasteiger charge is 2.34. The van der Waals surface area contributed by atoms with Crippen molar-refractivity contribution in [2.24, 2.45) is 0 Å². The van der Waals surface area contributed by atoms with E-state index in [9.17, 15) is 4.79 Å². The van der Waals surface area contributed by atoms with Crippen molar-refractivity contribution < 1.29 is 9.53 Å². The van der Waals surface area contributed by atoms with Crippen LogP contribution in [0.25, 0.3) is 11.0 Å². The number of carbonyl (C=O) groups excluding carboxylic acids is 1. The van der Waals surface area contributed by atoms with Gasteiger partial charge in [-0.3, -0.25) is 4.79 Å². The molecule has 2 rings (SSSR count). The molecule has 102 valence electrons. The lowest BCUT2D eigenvalue weighted by Crippen LogP contribution is -2.32. The van der Waals surface area contributed by atoms with Gasteiger partial charge in [0.05, 0.1) is 17.6 Å². The lowest BCUT2D eigenvalue weighted by molar-refractivity contribution is -0.149. The number of carbonyl (C=O) groups is 1. The second kappa shape index (κ2) is 4.96. The number of fused-ring (bicyclic) bond motifs is 1. The zero-order valence-corrected chi connectivity index (χ0v) is 13.1. The summed E-state index contributed by atoms with van der Waals surface area (Å²) in [5.74, 6) is 0.355. The minimum atomic E-state index is -0.784. The average molecular weight is 325 g/mol. The summed E-state index contributed by atoms with van der Waals surface area (Å²) in [5, 5.41) is 0. The van der Waals surface area contributed by atoms with Crippen molar-refractivity contribution in [1.29, 1.82) is 0 Å². The monoisotopic (exact) mass is 324 g/mol. The number of hydrogen-bond acceptors (Lipinski definition) is 3. The van der Waals surface area contributed by atoms with Gasteiger partial charge in [-0.15, -0.1) is 0 Å². The van der Waals surface area contributed by atoms with Crippen molar-refractivity contribution in [3.8, 4) is 0 Å². The Hall–Kier alpha value is -1.36. The lowest BCUT2D eigenvalue weighted by atomic mass is 9.93. The smallest absolute Gasteiger partial charge is 0.319 e. The topological polar surface area (TPSA) is 55.0 Å². The molecule has 1 aromatic heterocycles. The Labute approximate surface area is 120 Å². The van der Waals surface area contributed by atoms with Gasteiger partial charge >= 0.3 is 5.97 Å². The molecule has 0 fully saturated rings. The highest BCUT2D eigenvalue weighted by molar-refractivity contribution is 9.10. The van der Waals surface area contributed by atoms with Crippen LogP contribution < -0.4 is 0 Å². The molecule has 0 aliphatic rings. The van der Waals surface area contributed by atoms with Crippen LogP contribution >= 0.6 is 15.9 Å². The lowest BCUT2D eigenvalue weighted by Gasteiger charge is -2.19. The summed E-state index contributed by atoms with van der Waals surface area (Å²) in [7, 11) is 0. The van der Waals surface area contributed by atoms with E-state index in [0.29, 0.717) is 12.4 Å². The van der Waals surface area contributed by atoms with Crippen LogP contribution in [0.4, 0.5) is 0 Å². The Kier molecular flexibility index (Phi) is 3.67. The number of hydrogen-bond donors (Lipinski definition) is 1. The van der Waals surface area contributed by atoms with E-state index < -0.39 is 5.41 Å². The molecule has 0 saturated carbocycles. The first kappa shape index (κ1) is 14.1. The van der Waals surface area contributed by atoms with E-state index in [2.05, 4.69) is 25.9 Å². The summed E-state index contributed by atoms with van der Waals surface area (Å²) in [6.07, 6.45) is 0. The SMILES string of the molecule is CCOC(=O)C(C)(C)c1nc2c(C)cc(Br)cc2[nH]1. The molecule has 0 spiro atoms. The first-order valence-corrected chi connectivity index (χ1v) is 6.99. The fourth-order valence-electron chi connectivity index (χ4n) is 1.95. The van der Waals surface area contributed by atoms with Gasteiger partial charge in [-0.05, 0) is 45.4 Å². The third-order valence-electron chi connectivity index (χ3n) is 3.12. The zero-order chi connectivity index (χ0) is 14.2. The largest absolute Gasteiger partial charge is 0.465 e. The summed E-state index contributed by atoms with van der Waals surface area (Å²) in [6, 6.07) is 3.96. The molecule has 1 heterocycles. The van der Waals surface area contributed by atoms with Crippen LogP contribution in [-0.2, 0) is 14.9 Å². The van der Waals surface area contributed by atoms with Gasteiger partial charge in [0.1, 0.15) is 11.2 Å². The third kappa shape index (κ3) is 2.52. The summed E-state index contributed by atoms with van der Waals surface area (Å²) in [4.78, 5) is 19.8. The number of aromatic amines is 1. The Morgan fingerprint density at radius 2 is 2.16 bits per heavy atom. The third-order valence-corrected chi connectivity index (χ3v) is 3.58. The standard InChI is InChI=1S/C14H17BrN2O2/c1-5-19-13(18)14(3,4)12-16-10-7-9(15)6-8(2)11(10)17-12/h6-7H,5H2,1-4H3,(H,16,17). The molecule has 5 heteroatoms. The predicted octanol–water partition coefficient (Wildman–Crippen LogP) is 3.47. The van der Waals surface area contributed by atoms with Crippen molar-refractivity contribution in [1.82, 2.24) is 9.97 Å². The first-order valence-electron chi connectivity index (χ1n) is 6.19. The highest BCUT2D eigenvalue weighted by Crippen LogP contribution is 2.28. The summed E-state index contributed by atoms with van der Waals surface area (Å²) in [6.45, 7) is 7.79. The molecule has 0 saturated heterocycles. The van der Waals surface area contributed by atoms with Gasteiger partial charge in [-0.2, -0.15) is 0 Å². The number of halogens is 1. The second-order valence-electron chi connectivity index (χ2n) is 5.05. The average Bonchev–Trinajstić information content (AvgIpc) is 2.73. The fraction of sp³-hybridized carbons (Fsp3) is 0.429. The Morgan fingerprint density at radius 3 is 2.79 bits per heavy atom. The minimum absolute atomic E-state index is 0.272. The maximum atomic E-state index is 12.0. The van der Waals surface area contributed by atoms with Gasteiger partial charge in [0.25, 0.3) is 0 Å². The van der Waals surface area contributed by atoms with E-state index in [-0.39, 0.29) is 5.97 Å². The van der Waals surface area contributed by atoms with Crippen LogP contribution in [0, 0.1) is 6.92 Å². The molecule has 0 atom stereocenters. The Morgan fingerprint density at radius 1 is 1.47 bits per heavy atom. The maximum absolute atomic E-state index is 12.0. The molecule has 0 radical (unpaired) electrons. The van der Waals surface area contributed by atoms with Gasteiger partial charge in [-0.1, -0.05) is 15.9 Å². The van der Waals surface area contributed by atoms with Crippen LogP contribution in [0.15, 0.2) is 16.6 Å². The summed E-state index contributed by atoms with van der Waals surface area (Å²) < 4.78 is 6.09. The maximum Gasteiger partial charge on any atom is 0.319 e. The number of rotatable bonds is 3. The van der Waals surface area contributed by atoms with E-state index in [4.69, 9.17) is 4.74 Å². The van der Waals surface area contributed by atoms with Gasteiger partial charge in [0.15, 0.2) is 0 Å². The number of benzene rings is 1. The molecule has 4 nitrogen and oxygen atoms in total. The molecule has 0 bridgehead atoms. The molecule has 1 aromatic carbocycles. The number of nitrogens with one attached hydrogen (secondary N) is 1. The number of ether oxygens (including phenoxy) is 1. The van der Waals surface area contributed by atoms with Gasteiger partial charge in [-0.25, -0.2) is 4.98 Å². The van der Waals surface area contributed by atoms with Crippen molar-refractivity contribution in [3.05, 3.63) is 28.0 Å². The predicted molar refractivity (Wildman–Crippen MR) is 78.2 cm³/mol. The molecule has 2 aromatic rings. The van der Waals surface area contributed by atoms with Crippen LogP contribution in [0.5, 0.6) is 0 Å². The molecular formula is C14H17BrN2O2. The highest BCUT2D eigenvalue weighted by atomic mass is 79.9. The van der Waals surface area contributed by atoms with E-state index in [1.54, 1.807) is 6.92 Å². The van der Waals surface area contributed by atoms with Gasteiger partial charge in [0, 0.05) is 4.47 Å². The Balaban J connectivity index is 2.52. The molecule has 0 aliphatic heterocycles. The van der Waals surface area contributed by atoms with Gasteiger partial charge < -0.3 is 9.72 Å². The normalized spacial score (nSPS) is 11.8. The molecular weight excluding hydrogens is 308 g/mol. The summed E-state index contributed by atoms with van der Waals surface area (Å²) in [5.41, 5.74) is 2.08. The van der Waals surface area contributed by atoms with Crippen molar-refractivity contribution in [2.45, 2.75) is 33.1 Å². The molecule has 0 amide bonds. The molecule has 0 unspecified atom stereocenters. The fourth-order valence-corrected chi connectivity index (χ4v) is 2.52. The second-order valence-corrected chi connectivity index (χ2v) is 5.97. The first-order chi connectivity index (χ1) is 8.86. The van der Waals surface area contributed by atoms with Gasteiger partial charge in [0.2, 0.25) is 0 Å². The van der Waals surface area contributed by atoms with Crippen LogP contribution in [0.1, 0.15) is 32.2 Å².